The van der Waals surface area contributed by atoms with Gasteiger partial charge in [0.15, 0.2) is 5.82 Å². The molecule has 0 bridgehead atoms. The van der Waals surface area contributed by atoms with Gasteiger partial charge in [0.05, 0.1) is 19.0 Å². The first-order valence-corrected chi connectivity index (χ1v) is 10.7. The predicted molar refractivity (Wildman–Crippen MR) is 124 cm³/mol. The first-order chi connectivity index (χ1) is 15.5. The van der Waals surface area contributed by atoms with E-state index in [0.29, 0.717) is 35.9 Å². The van der Waals surface area contributed by atoms with Gasteiger partial charge in [-0.05, 0) is 54.4 Å². The highest BCUT2D eigenvalue weighted by Crippen LogP contribution is 2.32. The van der Waals surface area contributed by atoms with Crippen molar-refractivity contribution in [1.82, 2.24) is 10.3 Å². The van der Waals surface area contributed by atoms with Crippen molar-refractivity contribution in [1.29, 1.82) is 0 Å². The van der Waals surface area contributed by atoms with Crippen LogP contribution in [0.25, 0.3) is 0 Å². The molecular weight excluding hydrogens is 431 g/mol. The topological polar surface area (TPSA) is 66.5 Å². The maximum atomic E-state index is 14.4. The van der Waals surface area contributed by atoms with Crippen molar-refractivity contribution in [3.8, 4) is 5.75 Å². The molecule has 1 aliphatic rings. The number of piperidine rings is 1. The second kappa shape index (κ2) is 9.87. The number of ether oxygens (including phenoxy) is 1. The van der Waals surface area contributed by atoms with Crippen LogP contribution in [0.5, 0.6) is 5.75 Å². The van der Waals surface area contributed by atoms with Crippen molar-refractivity contribution < 1.29 is 13.9 Å². The summed E-state index contributed by atoms with van der Waals surface area (Å²) in [5.41, 5.74) is 2.22. The first-order valence-electron chi connectivity index (χ1n) is 10.3. The first kappa shape index (κ1) is 21.9. The number of amides is 2. The highest BCUT2D eigenvalue weighted by Gasteiger charge is 2.32. The molecule has 0 aliphatic carbocycles. The third kappa shape index (κ3) is 5.11. The summed E-state index contributed by atoms with van der Waals surface area (Å²) < 4.78 is 19.6. The molecule has 2 unspecified atom stereocenters. The maximum absolute atomic E-state index is 14.4. The SMILES string of the molecule is COc1ccc(C2CN(c3ccncc3F)CCC2NC(=O)Nc2ccc(Cl)cc2)cc1. The summed E-state index contributed by atoms with van der Waals surface area (Å²) in [4.78, 5) is 18.5. The van der Waals surface area contributed by atoms with E-state index < -0.39 is 0 Å². The molecule has 32 heavy (non-hydrogen) atoms. The Morgan fingerprint density at radius 3 is 2.59 bits per heavy atom. The van der Waals surface area contributed by atoms with Gasteiger partial charge in [-0.3, -0.25) is 4.98 Å². The molecule has 4 rings (SSSR count). The van der Waals surface area contributed by atoms with Crippen LogP contribution in [0.2, 0.25) is 5.02 Å². The number of aromatic nitrogens is 1. The summed E-state index contributed by atoms with van der Waals surface area (Å²) in [6.45, 7) is 1.17. The van der Waals surface area contributed by atoms with E-state index in [0.717, 1.165) is 11.3 Å². The van der Waals surface area contributed by atoms with E-state index in [9.17, 15) is 9.18 Å². The summed E-state index contributed by atoms with van der Waals surface area (Å²) >= 11 is 5.92. The van der Waals surface area contributed by atoms with E-state index in [1.165, 1.54) is 6.20 Å². The highest BCUT2D eigenvalue weighted by atomic mass is 35.5. The molecule has 1 saturated heterocycles. The van der Waals surface area contributed by atoms with Gasteiger partial charge in [-0.25, -0.2) is 9.18 Å². The number of hydrogen-bond donors (Lipinski definition) is 2. The van der Waals surface area contributed by atoms with E-state index in [4.69, 9.17) is 16.3 Å². The molecule has 1 aliphatic heterocycles. The number of anilines is 2. The fourth-order valence-corrected chi connectivity index (χ4v) is 4.15. The van der Waals surface area contributed by atoms with Crippen LogP contribution in [0.15, 0.2) is 67.0 Å². The summed E-state index contributed by atoms with van der Waals surface area (Å²) in [5.74, 6) is 0.359. The summed E-state index contributed by atoms with van der Waals surface area (Å²) in [6.07, 6.45) is 3.47. The van der Waals surface area contributed by atoms with Gasteiger partial charge in [0.25, 0.3) is 0 Å². The van der Waals surface area contributed by atoms with Crippen molar-refractivity contribution in [2.45, 2.75) is 18.4 Å². The lowest BCUT2D eigenvalue weighted by atomic mass is 9.85. The monoisotopic (exact) mass is 454 g/mol. The molecule has 0 spiro atoms. The van der Waals surface area contributed by atoms with Crippen LogP contribution in [0.4, 0.5) is 20.6 Å². The smallest absolute Gasteiger partial charge is 0.319 e. The van der Waals surface area contributed by atoms with Crippen molar-refractivity contribution in [3.05, 3.63) is 83.4 Å². The molecule has 0 radical (unpaired) electrons. The second-order valence-electron chi connectivity index (χ2n) is 7.65. The van der Waals surface area contributed by atoms with Gasteiger partial charge in [-0.1, -0.05) is 23.7 Å². The fraction of sp³-hybridized carbons (Fsp3) is 0.250. The minimum Gasteiger partial charge on any atom is -0.497 e. The molecular formula is C24H24ClFN4O2. The zero-order valence-electron chi connectivity index (χ0n) is 17.6. The van der Waals surface area contributed by atoms with Crippen LogP contribution in [0, 0.1) is 5.82 Å². The highest BCUT2D eigenvalue weighted by molar-refractivity contribution is 6.30. The van der Waals surface area contributed by atoms with Gasteiger partial charge >= 0.3 is 6.03 Å². The van der Waals surface area contributed by atoms with Crippen molar-refractivity contribution in [3.63, 3.8) is 0 Å². The molecule has 3 aromatic rings. The number of nitrogens with one attached hydrogen (secondary N) is 2. The standard InChI is InChI=1S/C24H24ClFN4O2/c1-32-19-8-2-16(3-9-19)20-15-30(23-10-12-27-14-21(23)26)13-11-22(20)29-24(31)28-18-6-4-17(25)5-7-18/h2-10,12,14,20,22H,11,13,15H2,1H3,(H2,28,29,31). The Hall–Kier alpha value is -3.32. The lowest BCUT2D eigenvalue weighted by molar-refractivity contribution is 0.243. The summed E-state index contributed by atoms with van der Waals surface area (Å²) in [6, 6.07) is 16.0. The molecule has 2 atom stereocenters. The van der Waals surface area contributed by atoms with Crippen LogP contribution >= 0.6 is 11.6 Å². The van der Waals surface area contributed by atoms with Crippen molar-refractivity contribution in [2.75, 3.05) is 30.4 Å². The van der Waals surface area contributed by atoms with Gasteiger partial charge in [0, 0.05) is 42.0 Å². The molecule has 6 nitrogen and oxygen atoms in total. The Kier molecular flexibility index (Phi) is 6.75. The number of urea groups is 1. The van der Waals surface area contributed by atoms with Gasteiger partial charge in [0.1, 0.15) is 5.75 Å². The van der Waals surface area contributed by atoms with Crippen LogP contribution in [0.3, 0.4) is 0 Å². The lowest BCUT2D eigenvalue weighted by Gasteiger charge is -2.40. The number of methoxy groups -OCH3 is 1. The minimum absolute atomic E-state index is 0.0433. The van der Waals surface area contributed by atoms with Gasteiger partial charge in [-0.15, -0.1) is 0 Å². The Labute approximate surface area is 191 Å². The van der Waals surface area contributed by atoms with E-state index in [1.54, 1.807) is 43.6 Å². The summed E-state index contributed by atoms with van der Waals surface area (Å²) in [7, 11) is 1.62. The van der Waals surface area contributed by atoms with Crippen LogP contribution in [-0.4, -0.2) is 37.3 Å². The average molecular weight is 455 g/mol. The molecule has 1 aromatic heterocycles. The Morgan fingerprint density at radius 1 is 1.16 bits per heavy atom. The number of carbonyl (C=O) groups excluding carboxylic acids is 1. The Morgan fingerprint density at radius 2 is 1.91 bits per heavy atom. The van der Waals surface area contributed by atoms with Crippen LogP contribution < -0.4 is 20.3 Å². The van der Waals surface area contributed by atoms with E-state index >= 15 is 0 Å². The molecule has 2 amide bonds. The molecule has 8 heteroatoms. The average Bonchev–Trinajstić information content (AvgIpc) is 2.81. The zero-order chi connectivity index (χ0) is 22.5. The van der Waals surface area contributed by atoms with Crippen LogP contribution in [-0.2, 0) is 0 Å². The third-order valence-electron chi connectivity index (χ3n) is 5.67. The molecule has 2 heterocycles. The van der Waals surface area contributed by atoms with E-state index in [2.05, 4.69) is 15.6 Å². The van der Waals surface area contributed by atoms with E-state index in [1.807, 2.05) is 29.2 Å². The van der Waals surface area contributed by atoms with E-state index in [-0.39, 0.29) is 23.8 Å². The van der Waals surface area contributed by atoms with Gasteiger partial charge in [-0.2, -0.15) is 0 Å². The number of nitrogens with zero attached hydrogens (tertiary/aromatic N) is 2. The quantitative estimate of drug-likeness (QED) is 0.565. The molecule has 2 aromatic carbocycles. The number of pyridine rings is 1. The van der Waals surface area contributed by atoms with Crippen molar-refractivity contribution >= 4 is 29.0 Å². The molecule has 0 saturated carbocycles. The number of rotatable bonds is 5. The molecule has 1 fully saturated rings. The minimum atomic E-state index is -0.354. The van der Waals surface area contributed by atoms with Gasteiger partial charge in [0.2, 0.25) is 0 Å². The Balaban J connectivity index is 1.53. The maximum Gasteiger partial charge on any atom is 0.319 e. The lowest BCUT2D eigenvalue weighted by Crippen LogP contribution is -2.51. The molecule has 166 valence electrons. The number of halogens is 2. The fourth-order valence-electron chi connectivity index (χ4n) is 4.03. The second-order valence-corrected chi connectivity index (χ2v) is 8.09. The summed E-state index contributed by atoms with van der Waals surface area (Å²) in [5, 5.41) is 6.55. The zero-order valence-corrected chi connectivity index (χ0v) is 18.3. The molecule has 2 N–H and O–H groups in total. The largest absolute Gasteiger partial charge is 0.497 e. The number of carbonyl (C=O) groups is 1. The third-order valence-corrected chi connectivity index (χ3v) is 5.92. The predicted octanol–water partition coefficient (Wildman–Crippen LogP) is 5.07. The van der Waals surface area contributed by atoms with Crippen LogP contribution in [0.1, 0.15) is 17.9 Å². The normalized spacial score (nSPS) is 18.2. The number of benzene rings is 2. The van der Waals surface area contributed by atoms with Crippen molar-refractivity contribution in [2.24, 2.45) is 0 Å². The number of hydrogen-bond acceptors (Lipinski definition) is 4. The van der Waals surface area contributed by atoms with Gasteiger partial charge < -0.3 is 20.3 Å². The Bertz CT molecular complexity index is 1060.